The summed E-state index contributed by atoms with van der Waals surface area (Å²) in [5.74, 6) is 0.508. The van der Waals surface area contributed by atoms with Crippen molar-refractivity contribution < 1.29 is 19.4 Å². The van der Waals surface area contributed by atoms with Crippen LogP contribution in [0.2, 0.25) is 0 Å². The van der Waals surface area contributed by atoms with E-state index in [1.54, 1.807) is 12.1 Å². The number of carboxylic acid groups (broad SMARTS) is 1. The molecule has 2 N–H and O–H groups in total. The lowest BCUT2D eigenvalue weighted by atomic mass is 10.1. The summed E-state index contributed by atoms with van der Waals surface area (Å²) in [5, 5.41) is 12.0. The summed E-state index contributed by atoms with van der Waals surface area (Å²) < 4.78 is 5.78. The van der Waals surface area contributed by atoms with Crippen molar-refractivity contribution in [2.75, 3.05) is 38.5 Å². The summed E-state index contributed by atoms with van der Waals surface area (Å²) >= 11 is 0. The van der Waals surface area contributed by atoms with E-state index in [1.165, 1.54) is 0 Å². The molecule has 0 aromatic heterocycles. The molecule has 0 bridgehead atoms. The molecule has 3 aromatic carbocycles. The van der Waals surface area contributed by atoms with Gasteiger partial charge in [0.15, 0.2) is 0 Å². The first-order valence-corrected chi connectivity index (χ1v) is 11.8. The van der Waals surface area contributed by atoms with Gasteiger partial charge >= 0.3 is 5.97 Å². The van der Waals surface area contributed by atoms with E-state index in [4.69, 9.17) is 9.84 Å². The smallest absolute Gasteiger partial charge is 0.335 e. The molecule has 7 nitrogen and oxygen atoms in total. The number of carbonyl (C=O) groups is 2. The molecule has 0 aliphatic carbocycles. The van der Waals surface area contributed by atoms with E-state index in [1.807, 2.05) is 78.7 Å². The fourth-order valence-corrected chi connectivity index (χ4v) is 3.68. The Kier molecular flexibility index (Phi) is 9.83. The Hall–Kier alpha value is -3.68. The number of nitrogens with zero attached hydrogens (tertiary/aromatic N) is 2. The van der Waals surface area contributed by atoms with Crippen molar-refractivity contribution in [1.82, 2.24) is 9.80 Å². The molecule has 0 aliphatic heterocycles. The Labute approximate surface area is 206 Å². The van der Waals surface area contributed by atoms with Crippen LogP contribution in [0.1, 0.15) is 29.3 Å². The molecule has 0 saturated heterocycles. The Morgan fingerprint density at radius 2 is 1.54 bits per heavy atom. The van der Waals surface area contributed by atoms with Crippen molar-refractivity contribution in [1.29, 1.82) is 0 Å². The number of rotatable bonds is 13. The zero-order valence-electron chi connectivity index (χ0n) is 20.3. The fraction of sp³-hybridized carbons (Fsp3) is 0.286. The average molecular weight is 476 g/mol. The summed E-state index contributed by atoms with van der Waals surface area (Å²) in [6, 6.07) is 23.9. The van der Waals surface area contributed by atoms with Crippen LogP contribution in [0.4, 0.5) is 5.69 Å². The summed E-state index contributed by atoms with van der Waals surface area (Å²) in [6.45, 7) is 5.78. The molecule has 184 valence electrons. The first-order valence-electron chi connectivity index (χ1n) is 11.8. The molecule has 35 heavy (non-hydrogen) atoms. The van der Waals surface area contributed by atoms with E-state index in [0.29, 0.717) is 17.9 Å². The SMILES string of the molecule is CCN(CCCN(C)CC(=O)Nc1ccc(Oc2ccccc2)cc1)Cc1ccc(C(=O)O)cc1. The normalized spacial score (nSPS) is 11.0. The molecule has 3 aromatic rings. The zero-order chi connectivity index (χ0) is 25.0. The number of para-hydroxylation sites is 1. The van der Waals surface area contributed by atoms with Gasteiger partial charge in [-0.3, -0.25) is 14.6 Å². The largest absolute Gasteiger partial charge is 0.478 e. The van der Waals surface area contributed by atoms with Gasteiger partial charge in [0.25, 0.3) is 0 Å². The molecule has 0 spiro atoms. The zero-order valence-corrected chi connectivity index (χ0v) is 20.3. The van der Waals surface area contributed by atoms with Gasteiger partial charge in [0, 0.05) is 12.2 Å². The fourth-order valence-electron chi connectivity index (χ4n) is 3.68. The number of likely N-dealkylation sites (N-methyl/N-ethyl adjacent to an activating group) is 1. The molecule has 0 radical (unpaired) electrons. The van der Waals surface area contributed by atoms with Crippen LogP contribution in [0.5, 0.6) is 11.5 Å². The maximum absolute atomic E-state index is 12.4. The lowest BCUT2D eigenvalue weighted by Crippen LogP contribution is -2.33. The Balaban J connectivity index is 1.37. The number of aromatic carboxylic acids is 1. The van der Waals surface area contributed by atoms with Gasteiger partial charge in [0.2, 0.25) is 5.91 Å². The number of hydrogen-bond donors (Lipinski definition) is 2. The van der Waals surface area contributed by atoms with Gasteiger partial charge in [0.05, 0.1) is 12.1 Å². The van der Waals surface area contributed by atoms with Gasteiger partial charge in [-0.05, 0) is 87.2 Å². The molecule has 0 saturated carbocycles. The number of benzene rings is 3. The quantitative estimate of drug-likeness (QED) is 0.364. The predicted octanol–water partition coefficient (Wildman–Crippen LogP) is 4.96. The molecule has 1 amide bonds. The standard InChI is InChI=1S/C28H33N3O4/c1-3-31(20-22-10-12-23(13-11-22)28(33)34)19-7-18-30(2)21-27(32)29-24-14-16-26(17-15-24)35-25-8-5-4-6-9-25/h4-6,8-17H,3,7,18-21H2,1-2H3,(H,29,32)(H,33,34). The van der Waals surface area contributed by atoms with Crippen molar-refractivity contribution in [2.24, 2.45) is 0 Å². The monoisotopic (exact) mass is 475 g/mol. The van der Waals surface area contributed by atoms with Crippen LogP contribution in [-0.4, -0.2) is 60.0 Å². The first kappa shape index (κ1) is 25.9. The molecule has 0 heterocycles. The number of nitrogens with one attached hydrogen (secondary N) is 1. The predicted molar refractivity (Wildman–Crippen MR) is 138 cm³/mol. The van der Waals surface area contributed by atoms with Gasteiger partial charge in [-0.15, -0.1) is 0 Å². The summed E-state index contributed by atoms with van der Waals surface area (Å²) in [5.41, 5.74) is 2.12. The first-order chi connectivity index (χ1) is 16.9. The van der Waals surface area contributed by atoms with Crippen molar-refractivity contribution in [2.45, 2.75) is 19.9 Å². The third kappa shape index (κ3) is 8.88. The third-order valence-corrected chi connectivity index (χ3v) is 5.60. The van der Waals surface area contributed by atoms with E-state index < -0.39 is 5.97 Å². The number of anilines is 1. The lowest BCUT2D eigenvalue weighted by Gasteiger charge is -2.22. The van der Waals surface area contributed by atoms with Crippen LogP contribution < -0.4 is 10.1 Å². The number of amides is 1. The van der Waals surface area contributed by atoms with E-state index >= 15 is 0 Å². The molecular weight excluding hydrogens is 442 g/mol. The summed E-state index contributed by atoms with van der Waals surface area (Å²) in [7, 11) is 1.94. The van der Waals surface area contributed by atoms with E-state index in [0.717, 1.165) is 49.6 Å². The maximum Gasteiger partial charge on any atom is 0.335 e. The molecule has 3 rings (SSSR count). The maximum atomic E-state index is 12.4. The Bertz CT molecular complexity index is 1070. The highest BCUT2D eigenvalue weighted by Gasteiger charge is 2.10. The molecule has 0 aliphatic rings. The second-order valence-corrected chi connectivity index (χ2v) is 8.45. The average Bonchev–Trinajstić information content (AvgIpc) is 2.85. The minimum Gasteiger partial charge on any atom is -0.478 e. The number of ether oxygens (including phenoxy) is 1. The van der Waals surface area contributed by atoms with Crippen LogP contribution in [0.3, 0.4) is 0 Å². The van der Waals surface area contributed by atoms with Crippen molar-refractivity contribution in [3.8, 4) is 11.5 Å². The van der Waals surface area contributed by atoms with E-state index in [9.17, 15) is 9.59 Å². The summed E-state index contributed by atoms with van der Waals surface area (Å²) in [6.07, 6.45) is 0.927. The van der Waals surface area contributed by atoms with E-state index in [2.05, 4.69) is 17.1 Å². The van der Waals surface area contributed by atoms with Crippen LogP contribution >= 0.6 is 0 Å². The van der Waals surface area contributed by atoms with Gasteiger partial charge in [-0.25, -0.2) is 4.79 Å². The highest BCUT2D eigenvalue weighted by molar-refractivity contribution is 5.92. The Morgan fingerprint density at radius 1 is 0.886 bits per heavy atom. The molecular formula is C28H33N3O4. The van der Waals surface area contributed by atoms with Crippen LogP contribution in [0.15, 0.2) is 78.9 Å². The Morgan fingerprint density at radius 3 is 2.17 bits per heavy atom. The van der Waals surface area contributed by atoms with Gasteiger partial charge < -0.3 is 15.2 Å². The van der Waals surface area contributed by atoms with Crippen LogP contribution in [0, 0.1) is 0 Å². The topological polar surface area (TPSA) is 82.1 Å². The number of hydrogen-bond acceptors (Lipinski definition) is 5. The molecule has 0 atom stereocenters. The highest BCUT2D eigenvalue weighted by atomic mass is 16.5. The number of carbonyl (C=O) groups excluding carboxylic acids is 1. The minimum absolute atomic E-state index is 0.0601. The van der Waals surface area contributed by atoms with E-state index in [-0.39, 0.29) is 5.91 Å². The second-order valence-electron chi connectivity index (χ2n) is 8.45. The van der Waals surface area contributed by atoms with Gasteiger partial charge in [0.1, 0.15) is 11.5 Å². The second kappa shape index (κ2) is 13.3. The van der Waals surface area contributed by atoms with Crippen molar-refractivity contribution in [3.63, 3.8) is 0 Å². The third-order valence-electron chi connectivity index (χ3n) is 5.60. The van der Waals surface area contributed by atoms with Crippen LogP contribution in [-0.2, 0) is 11.3 Å². The van der Waals surface area contributed by atoms with Crippen LogP contribution in [0.25, 0.3) is 0 Å². The summed E-state index contributed by atoms with van der Waals surface area (Å²) in [4.78, 5) is 27.8. The minimum atomic E-state index is -0.912. The molecule has 0 unspecified atom stereocenters. The van der Waals surface area contributed by atoms with Crippen molar-refractivity contribution >= 4 is 17.6 Å². The number of carboxylic acids is 1. The molecule has 7 heteroatoms. The van der Waals surface area contributed by atoms with Gasteiger partial charge in [-0.2, -0.15) is 0 Å². The van der Waals surface area contributed by atoms with Crippen molar-refractivity contribution in [3.05, 3.63) is 90.0 Å². The molecule has 0 fully saturated rings. The lowest BCUT2D eigenvalue weighted by molar-refractivity contribution is -0.117. The highest BCUT2D eigenvalue weighted by Crippen LogP contribution is 2.22. The van der Waals surface area contributed by atoms with Gasteiger partial charge in [-0.1, -0.05) is 37.3 Å².